The SMILES string of the molecule is CCC1(C(=O)O)CCN(c2nccc(OC)n2)C1. The van der Waals surface area contributed by atoms with E-state index in [0.29, 0.717) is 37.8 Å². The Kier molecular flexibility index (Phi) is 3.36. The summed E-state index contributed by atoms with van der Waals surface area (Å²) in [4.78, 5) is 21.7. The molecule has 1 aliphatic rings. The van der Waals surface area contributed by atoms with Crippen molar-refractivity contribution in [2.24, 2.45) is 5.41 Å². The average molecular weight is 251 g/mol. The monoisotopic (exact) mass is 251 g/mol. The Labute approximate surface area is 106 Å². The lowest BCUT2D eigenvalue weighted by atomic mass is 9.84. The Morgan fingerprint density at radius 2 is 2.44 bits per heavy atom. The zero-order valence-electron chi connectivity index (χ0n) is 10.6. The van der Waals surface area contributed by atoms with Gasteiger partial charge >= 0.3 is 5.97 Å². The molecular formula is C12H17N3O3. The maximum atomic E-state index is 11.4. The van der Waals surface area contributed by atoms with Gasteiger partial charge in [0.05, 0.1) is 12.5 Å². The standard InChI is InChI=1S/C12H17N3O3/c1-3-12(10(16)17)5-7-15(8-12)11-13-6-4-9(14-11)18-2/h4,6H,3,5,7-8H2,1-2H3,(H,16,17). The van der Waals surface area contributed by atoms with Crippen molar-refractivity contribution in [3.63, 3.8) is 0 Å². The number of hydrogen-bond donors (Lipinski definition) is 1. The number of hydrogen-bond acceptors (Lipinski definition) is 5. The molecule has 1 aromatic rings. The molecule has 0 bridgehead atoms. The van der Waals surface area contributed by atoms with Crippen LogP contribution in [0.2, 0.25) is 0 Å². The van der Waals surface area contributed by atoms with Crippen LogP contribution in [0.3, 0.4) is 0 Å². The van der Waals surface area contributed by atoms with Crippen LogP contribution in [0, 0.1) is 5.41 Å². The van der Waals surface area contributed by atoms with Crippen LogP contribution >= 0.6 is 0 Å². The van der Waals surface area contributed by atoms with Crippen molar-refractivity contribution in [1.82, 2.24) is 9.97 Å². The molecule has 98 valence electrons. The molecule has 2 rings (SSSR count). The van der Waals surface area contributed by atoms with Crippen LogP contribution in [0.15, 0.2) is 12.3 Å². The molecule has 6 nitrogen and oxygen atoms in total. The first-order valence-corrected chi connectivity index (χ1v) is 5.96. The van der Waals surface area contributed by atoms with Gasteiger partial charge in [0.1, 0.15) is 0 Å². The molecular weight excluding hydrogens is 234 g/mol. The summed E-state index contributed by atoms with van der Waals surface area (Å²) >= 11 is 0. The molecule has 2 heterocycles. The number of anilines is 1. The number of nitrogens with zero attached hydrogens (tertiary/aromatic N) is 3. The molecule has 0 saturated carbocycles. The second-order valence-electron chi connectivity index (χ2n) is 4.51. The van der Waals surface area contributed by atoms with E-state index in [1.54, 1.807) is 19.4 Å². The first-order chi connectivity index (χ1) is 8.61. The van der Waals surface area contributed by atoms with Gasteiger partial charge in [-0.15, -0.1) is 0 Å². The first-order valence-electron chi connectivity index (χ1n) is 5.96. The van der Waals surface area contributed by atoms with E-state index in [-0.39, 0.29) is 0 Å². The van der Waals surface area contributed by atoms with Gasteiger partial charge in [0.2, 0.25) is 11.8 Å². The molecule has 0 spiro atoms. The number of methoxy groups -OCH3 is 1. The lowest BCUT2D eigenvalue weighted by Crippen LogP contribution is -2.34. The van der Waals surface area contributed by atoms with Gasteiger partial charge in [-0.25, -0.2) is 4.98 Å². The minimum Gasteiger partial charge on any atom is -0.481 e. The summed E-state index contributed by atoms with van der Waals surface area (Å²) in [6.07, 6.45) is 2.86. The van der Waals surface area contributed by atoms with Crippen LogP contribution in [0.25, 0.3) is 0 Å². The molecule has 18 heavy (non-hydrogen) atoms. The summed E-state index contributed by atoms with van der Waals surface area (Å²) in [7, 11) is 1.55. The Morgan fingerprint density at radius 3 is 3.00 bits per heavy atom. The predicted molar refractivity (Wildman–Crippen MR) is 65.8 cm³/mol. The second-order valence-corrected chi connectivity index (χ2v) is 4.51. The predicted octanol–water partition coefficient (Wildman–Crippen LogP) is 1.18. The van der Waals surface area contributed by atoms with E-state index in [9.17, 15) is 9.90 Å². The molecule has 1 saturated heterocycles. The highest BCUT2D eigenvalue weighted by Crippen LogP contribution is 2.35. The van der Waals surface area contributed by atoms with Gasteiger partial charge in [0.25, 0.3) is 0 Å². The molecule has 1 atom stereocenters. The van der Waals surface area contributed by atoms with Gasteiger partial charge in [-0.1, -0.05) is 6.92 Å². The van der Waals surface area contributed by atoms with Gasteiger partial charge in [0.15, 0.2) is 0 Å². The Hall–Kier alpha value is -1.85. The lowest BCUT2D eigenvalue weighted by molar-refractivity contribution is -0.147. The first kappa shape index (κ1) is 12.6. The fraction of sp³-hybridized carbons (Fsp3) is 0.583. The van der Waals surface area contributed by atoms with E-state index in [1.807, 2.05) is 11.8 Å². The number of rotatable bonds is 4. The van der Waals surface area contributed by atoms with Crippen LogP contribution in [-0.2, 0) is 4.79 Å². The number of carboxylic acids is 1. The second kappa shape index (κ2) is 4.80. The fourth-order valence-electron chi connectivity index (χ4n) is 2.26. The van der Waals surface area contributed by atoms with Gasteiger partial charge in [-0.05, 0) is 12.8 Å². The average Bonchev–Trinajstić information content (AvgIpc) is 2.84. The van der Waals surface area contributed by atoms with E-state index >= 15 is 0 Å². The fourth-order valence-corrected chi connectivity index (χ4v) is 2.26. The summed E-state index contributed by atoms with van der Waals surface area (Å²) in [5.41, 5.74) is -0.674. The molecule has 0 aliphatic carbocycles. The Morgan fingerprint density at radius 1 is 1.67 bits per heavy atom. The molecule has 0 radical (unpaired) electrons. The molecule has 0 aromatic carbocycles. The van der Waals surface area contributed by atoms with Gasteiger partial charge in [0, 0.05) is 25.4 Å². The summed E-state index contributed by atoms with van der Waals surface area (Å²) in [5, 5.41) is 9.34. The third-order valence-corrected chi connectivity index (χ3v) is 3.59. The molecule has 6 heteroatoms. The Bertz CT molecular complexity index is 452. The zero-order valence-corrected chi connectivity index (χ0v) is 10.6. The van der Waals surface area contributed by atoms with Crippen molar-refractivity contribution < 1.29 is 14.6 Å². The number of carbonyl (C=O) groups is 1. The zero-order chi connectivity index (χ0) is 13.2. The van der Waals surface area contributed by atoms with E-state index in [0.717, 1.165) is 0 Å². The quantitative estimate of drug-likeness (QED) is 0.866. The largest absolute Gasteiger partial charge is 0.481 e. The van der Waals surface area contributed by atoms with E-state index in [4.69, 9.17) is 4.74 Å². The molecule has 1 fully saturated rings. The topological polar surface area (TPSA) is 75.5 Å². The van der Waals surface area contributed by atoms with Crippen LogP contribution in [0.1, 0.15) is 19.8 Å². The summed E-state index contributed by atoms with van der Waals surface area (Å²) in [5.74, 6) is 0.283. The van der Waals surface area contributed by atoms with Crippen LogP contribution in [0.4, 0.5) is 5.95 Å². The third kappa shape index (κ3) is 2.10. The summed E-state index contributed by atoms with van der Waals surface area (Å²) in [6, 6.07) is 1.67. The van der Waals surface area contributed by atoms with Crippen molar-refractivity contribution in [1.29, 1.82) is 0 Å². The highest BCUT2D eigenvalue weighted by Gasteiger charge is 2.44. The van der Waals surface area contributed by atoms with Crippen molar-refractivity contribution >= 4 is 11.9 Å². The normalized spacial score (nSPS) is 23.1. The number of aromatic nitrogens is 2. The number of ether oxygens (including phenoxy) is 1. The lowest BCUT2D eigenvalue weighted by Gasteiger charge is -2.23. The summed E-state index contributed by atoms with van der Waals surface area (Å²) < 4.78 is 5.05. The Balaban J connectivity index is 2.19. The van der Waals surface area contributed by atoms with Crippen molar-refractivity contribution in [3.05, 3.63) is 12.3 Å². The molecule has 1 aliphatic heterocycles. The van der Waals surface area contributed by atoms with Gasteiger partial charge in [-0.3, -0.25) is 4.79 Å². The van der Waals surface area contributed by atoms with Crippen LogP contribution in [-0.4, -0.2) is 41.2 Å². The molecule has 1 unspecified atom stereocenters. The van der Waals surface area contributed by atoms with Crippen LogP contribution < -0.4 is 9.64 Å². The van der Waals surface area contributed by atoms with Gasteiger partial charge in [-0.2, -0.15) is 4.98 Å². The minimum atomic E-state index is -0.740. The van der Waals surface area contributed by atoms with Crippen molar-refractivity contribution in [2.75, 3.05) is 25.1 Å². The maximum Gasteiger partial charge on any atom is 0.311 e. The van der Waals surface area contributed by atoms with E-state index < -0.39 is 11.4 Å². The highest BCUT2D eigenvalue weighted by molar-refractivity contribution is 5.76. The summed E-state index contributed by atoms with van der Waals surface area (Å²) in [6.45, 7) is 3.02. The molecule has 1 N–H and O–H groups in total. The number of aliphatic carboxylic acids is 1. The number of carboxylic acid groups (broad SMARTS) is 1. The molecule has 1 aromatic heterocycles. The smallest absolute Gasteiger partial charge is 0.311 e. The maximum absolute atomic E-state index is 11.4. The van der Waals surface area contributed by atoms with E-state index in [1.165, 1.54) is 0 Å². The third-order valence-electron chi connectivity index (χ3n) is 3.59. The molecule has 0 amide bonds. The highest BCUT2D eigenvalue weighted by atomic mass is 16.5. The van der Waals surface area contributed by atoms with E-state index in [2.05, 4.69) is 9.97 Å². The van der Waals surface area contributed by atoms with Crippen LogP contribution in [0.5, 0.6) is 5.88 Å². The van der Waals surface area contributed by atoms with Gasteiger partial charge < -0.3 is 14.7 Å². The van der Waals surface area contributed by atoms with Crippen molar-refractivity contribution in [3.8, 4) is 5.88 Å². The van der Waals surface area contributed by atoms with Crippen molar-refractivity contribution in [2.45, 2.75) is 19.8 Å². The minimum absolute atomic E-state index is 0.450.